The molecular formula is C24H29N3O4S. The van der Waals surface area contributed by atoms with Gasteiger partial charge in [0.05, 0.1) is 32.8 Å². The third kappa shape index (κ3) is 5.07. The Balaban J connectivity index is 1.61. The minimum atomic E-state index is -0.216. The number of aromatic amines is 1. The third-order valence-electron chi connectivity index (χ3n) is 5.93. The van der Waals surface area contributed by atoms with Gasteiger partial charge in [-0.25, -0.2) is 4.79 Å². The van der Waals surface area contributed by atoms with Gasteiger partial charge in [-0.1, -0.05) is 25.3 Å². The lowest BCUT2D eigenvalue weighted by molar-refractivity contribution is 0.185. The molecule has 0 saturated heterocycles. The molecule has 8 heteroatoms. The summed E-state index contributed by atoms with van der Waals surface area (Å²) in [6.07, 6.45) is 5.54. The number of urea groups is 1. The number of nitrogens with one attached hydrogen (secondary N) is 2. The highest BCUT2D eigenvalue weighted by molar-refractivity contribution is 7.09. The van der Waals surface area contributed by atoms with Crippen molar-refractivity contribution < 1.29 is 14.3 Å². The normalized spacial score (nSPS) is 14.3. The fourth-order valence-corrected chi connectivity index (χ4v) is 4.92. The molecule has 1 aliphatic rings. The van der Waals surface area contributed by atoms with E-state index in [0.717, 1.165) is 35.9 Å². The van der Waals surface area contributed by atoms with Crippen LogP contribution in [0.2, 0.25) is 0 Å². The lowest BCUT2D eigenvalue weighted by Crippen LogP contribution is -2.45. The molecule has 1 saturated carbocycles. The first-order chi connectivity index (χ1) is 15.6. The fourth-order valence-electron chi connectivity index (χ4n) is 4.20. The van der Waals surface area contributed by atoms with Gasteiger partial charge in [-0.3, -0.25) is 4.79 Å². The van der Waals surface area contributed by atoms with Crippen LogP contribution in [0.5, 0.6) is 11.5 Å². The number of pyridine rings is 1. The van der Waals surface area contributed by atoms with Crippen molar-refractivity contribution in [3.05, 3.63) is 56.5 Å². The van der Waals surface area contributed by atoms with E-state index in [1.807, 2.05) is 29.6 Å². The molecule has 2 heterocycles. The summed E-state index contributed by atoms with van der Waals surface area (Å²) >= 11 is 1.60. The summed E-state index contributed by atoms with van der Waals surface area (Å²) in [6, 6.07) is 9.46. The predicted octanol–water partition coefficient (Wildman–Crippen LogP) is 4.65. The van der Waals surface area contributed by atoms with E-state index in [4.69, 9.17) is 9.47 Å². The van der Waals surface area contributed by atoms with Crippen LogP contribution in [0.1, 0.15) is 42.5 Å². The zero-order chi connectivity index (χ0) is 22.5. The van der Waals surface area contributed by atoms with Crippen molar-refractivity contribution in [2.75, 3.05) is 14.2 Å². The fraction of sp³-hybridized carbons (Fsp3) is 0.417. The number of benzene rings is 1. The summed E-state index contributed by atoms with van der Waals surface area (Å²) in [6.45, 7) is 0.676. The van der Waals surface area contributed by atoms with Gasteiger partial charge in [0.25, 0.3) is 5.56 Å². The topological polar surface area (TPSA) is 83.7 Å². The third-order valence-corrected chi connectivity index (χ3v) is 6.79. The van der Waals surface area contributed by atoms with Gasteiger partial charge in [0.2, 0.25) is 0 Å². The summed E-state index contributed by atoms with van der Waals surface area (Å²) in [5.41, 5.74) is 0.972. The molecule has 3 aromatic rings. The summed E-state index contributed by atoms with van der Waals surface area (Å²) in [7, 11) is 3.14. The van der Waals surface area contributed by atoms with Crippen molar-refractivity contribution in [2.45, 2.75) is 51.2 Å². The van der Waals surface area contributed by atoms with Crippen molar-refractivity contribution >= 4 is 28.3 Å². The van der Waals surface area contributed by atoms with Crippen molar-refractivity contribution in [1.29, 1.82) is 0 Å². The molecule has 0 aliphatic heterocycles. The Bertz CT molecular complexity index is 1120. The Hall–Kier alpha value is -3.00. The highest BCUT2D eigenvalue weighted by Crippen LogP contribution is 2.31. The van der Waals surface area contributed by atoms with Gasteiger partial charge in [0.1, 0.15) is 0 Å². The van der Waals surface area contributed by atoms with E-state index in [0.29, 0.717) is 29.1 Å². The maximum atomic E-state index is 13.2. The molecule has 1 aliphatic carbocycles. The molecule has 2 N–H and O–H groups in total. The molecule has 2 amide bonds. The zero-order valence-electron chi connectivity index (χ0n) is 18.5. The molecular weight excluding hydrogens is 426 g/mol. The van der Waals surface area contributed by atoms with Crippen LogP contribution in [0.3, 0.4) is 0 Å². The number of nitrogens with zero attached hydrogens (tertiary/aromatic N) is 1. The van der Waals surface area contributed by atoms with Crippen LogP contribution >= 0.6 is 11.3 Å². The van der Waals surface area contributed by atoms with Gasteiger partial charge in [-0.05, 0) is 36.4 Å². The monoisotopic (exact) mass is 455 g/mol. The summed E-state index contributed by atoms with van der Waals surface area (Å²) in [4.78, 5) is 31.7. The highest BCUT2D eigenvalue weighted by Gasteiger charge is 2.22. The first-order valence-electron chi connectivity index (χ1n) is 10.9. The highest BCUT2D eigenvalue weighted by atomic mass is 32.1. The van der Waals surface area contributed by atoms with E-state index in [-0.39, 0.29) is 24.2 Å². The van der Waals surface area contributed by atoms with Gasteiger partial charge in [0, 0.05) is 27.9 Å². The molecule has 4 rings (SSSR count). The molecule has 0 radical (unpaired) electrons. The number of methoxy groups -OCH3 is 2. The number of amides is 2. The molecule has 0 unspecified atom stereocenters. The van der Waals surface area contributed by atoms with Crippen LogP contribution in [0.25, 0.3) is 10.9 Å². The van der Waals surface area contributed by atoms with Gasteiger partial charge < -0.3 is 24.7 Å². The van der Waals surface area contributed by atoms with Crippen LogP contribution < -0.4 is 20.3 Å². The smallest absolute Gasteiger partial charge is 0.318 e. The average Bonchev–Trinajstić information content (AvgIpc) is 3.32. The lowest BCUT2D eigenvalue weighted by Gasteiger charge is -2.28. The Morgan fingerprint density at radius 3 is 2.56 bits per heavy atom. The molecule has 170 valence electrons. The largest absolute Gasteiger partial charge is 0.493 e. The first-order valence-corrected chi connectivity index (χ1v) is 11.8. The molecule has 32 heavy (non-hydrogen) atoms. The van der Waals surface area contributed by atoms with E-state index in [2.05, 4.69) is 10.3 Å². The van der Waals surface area contributed by atoms with Gasteiger partial charge in [-0.15, -0.1) is 11.3 Å². The zero-order valence-corrected chi connectivity index (χ0v) is 19.3. The van der Waals surface area contributed by atoms with Crippen molar-refractivity contribution in [3.8, 4) is 11.5 Å². The van der Waals surface area contributed by atoms with Gasteiger partial charge in [-0.2, -0.15) is 0 Å². The Morgan fingerprint density at radius 2 is 1.88 bits per heavy atom. The van der Waals surface area contributed by atoms with Crippen molar-refractivity contribution in [3.63, 3.8) is 0 Å². The Labute approximate surface area is 191 Å². The van der Waals surface area contributed by atoms with Crippen LogP contribution in [0.4, 0.5) is 4.79 Å². The number of fused-ring (bicyclic) bond motifs is 1. The molecule has 1 aromatic carbocycles. The van der Waals surface area contributed by atoms with Crippen LogP contribution in [0, 0.1) is 0 Å². The van der Waals surface area contributed by atoms with Crippen LogP contribution in [-0.4, -0.2) is 36.2 Å². The van der Waals surface area contributed by atoms with E-state index >= 15 is 0 Å². The number of hydrogen-bond acceptors (Lipinski definition) is 5. The molecule has 1 fully saturated rings. The number of carbonyl (C=O) groups excluding carboxylic acids is 1. The number of H-pyrrole nitrogens is 1. The number of aromatic nitrogens is 1. The standard InChI is InChI=1S/C24H29N3O4S/c1-30-21-12-16-11-17(23(28)26-20(16)13-22(21)31-2)14-27(15-19-9-6-10-32-19)24(29)25-18-7-4-3-5-8-18/h6,9-13,18H,3-5,7-8,14-15H2,1-2H3,(H,25,29)(H,26,28). The summed E-state index contributed by atoms with van der Waals surface area (Å²) < 4.78 is 10.7. The molecule has 2 aromatic heterocycles. The minimum absolute atomic E-state index is 0.128. The Kier molecular flexibility index (Phi) is 6.99. The Morgan fingerprint density at radius 1 is 1.12 bits per heavy atom. The molecule has 0 atom stereocenters. The minimum Gasteiger partial charge on any atom is -0.493 e. The quantitative estimate of drug-likeness (QED) is 0.543. The maximum Gasteiger partial charge on any atom is 0.318 e. The number of ether oxygens (including phenoxy) is 2. The SMILES string of the molecule is COc1cc2cc(CN(Cc3cccs3)C(=O)NC3CCCCC3)c(=O)[nH]c2cc1OC. The number of thiophene rings is 1. The number of carbonyl (C=O) groups is 1. The maximum absolute atomic E-state index is 13.2. The van der Waals surface area contributed by atoms with Crippen LogP contribution in [0.15, 0.2) is 40.5 Å². The van der Waals surface area contributed by atoms with Crippen LogP contribution in [-0.2, 0) is 13.1 Å². The lowest BCUT2D eigenvalue weighted by atomic mass is 9.96. The van der Waals surface area contributed by atoms with E-state index in [1.165, 1.54) is 6.42 Å². The number of hydrogen-bond donors (Lipinski definition) is 2. The second-order valence-corrected chi connectivity index (χ2v) is 9.17. The van der Waals surface area contributed by atoms with Gasteiger partial charge >= 0.3 is 6.03 Å². The van der Waals surface area contributed by atoms with Gasteiger partial charge in [0.15, 0.2) is 11.5 Å². The summed E-state index contributed by atoms with van der Waals surface area (Å²) in [5.74, 6) is 1.14. The molecule has 7 nitrogen and oxygen atoms in total. The first kappa shape index (κ1) is 22.2. The second kappa shape index (κ2) is 10.1. The van der Waals surface area contributed by atoms with E-state index in [9.17, 15) is 9.59 Å². The van der Waals surface area contributed by atoms with E-state index in [1.54, 1.807) is 36.5 Å². The second-order valence-electron chi connectivity index (χ2n) is 8.14. The van der Waals surface area contributed by atoms with Crippen molar-refractivity contribution in [1.82, 2.24) is 15.2 Å². The predicted molar refractivity (Wildman–Crippen MR) is 127 cm³/mol. The number of rotatable bonds is 7. The average molecular weight is 456 g/mol. The van der Waals surface area contributed by atoms with Crippen molar-refractivity contribution in [2.24, 2.45) is 0 Å². The molecule has 0 bridgehead atoms. The molecule has 0 spiro atoms. The van der Waals surface area contributed by atoms with E-state index < -0.39 is 0 Å². The summed E-state index contributed by atoms with van der Waals surface area (Å²) in [5, 5.41) is 6.00.